The van der Waals surface area contributed by atoms with Gasteiger partial charge >= 0.3 is 6.09 Å². The third kappa shape index (κ3) is 5.31. The molecule has 0 aromatic carbocycles. The van der Waals surface area contributed by atoms with E-state index in [9.17, 15) is 4.79 Å². The topological polar surface area (TPSA) is 38.8 Å². The normalized spacial score (nSPS) is 18.9. The lowest BCUT2D eigenvalue weighted by molar-refractivity contribution is -0.0663. The number of hydrogen-bond acceptors (Lipinski definition) is 3. The average molecular weight is 285 g/mol. The maximum atomic E-state index is 12.0. The molecule has 4 heteroatoms. The molecule has 0 N–H and O–H groups in total. The van der Waals surface area contributed by atoms with Gasteiger partial charge in [-0.3, -0.25) is 0 Å². The van der Waals surface area contributed by atoms with E-state index in [1.165, 1.54) is 19.3 Å². The first kappa shape index (κ1) is 17.3. The monoisotopic (exact) mass is 285 g/mol. The van der Waals surface area contributed by atoms with Gasteiger partial charge in [0.25, 0.3) is 0 Å². The van der Waals surface area contributed by atoms with Crippen molar-refractivity contribution in [3.63, 3.8) is 0 Å². The van der Waals surface area contributed by atoms with Crippen molar-refractivity contribution in [2.45, 2.75) is 77.4 Å². The van der Waals surface area contributed by atoms with Crippen LogP contribution in [0.3, 0.4) is 0 Å². The highest BCUT2D eigenvalue weighted by Crippen LogP contribution is 2.31. The number of unbranched alkanes of at least 4 members (excludes halogenated alkanes) is 2. The second-order valence-corrected chi connectivity index (χ2v) is 6.81. The van der Waals surface area contributed by atoms with Crippen LogP contribution >= 0.6 is 0 Å². The quantitative estimate of drug-likeness (QED) is 0.717. The van der Waals surface area contributed by atoms with E-state index in [-0.39, 0.29) is 11.7 Å². The number of rotatable bonds is 5. The Morgan fingerprint density at radius 1 is 1.20 bits per heavy atom. The van der Waals surface area contributed by atoms with Crippen LogP contribution in [0.4, 0.5) is 4.79 Å². The predicted molar refractivity (Wildman–Crippen MR) is 80.9 cm³/mol. The summed E-state index contributed by atoms with van der Waals surface area (Å²) in [5.41, 5.74) is -0.457. The predicted octanol–water partition coefficient (Wildman–Crippen LogP) is 3.98. The molecule has 0 aliphatic carbocycles. The summed E-state index contributed by atoms with van der Waals surface area (Å²) >= 11 is 0. The number of hydrogen-bond donors (Lipinski definition) is 0. The molecule has 1 rings (SSSR count). The van der Waals surface area contributed by atoms with Gasteiger partial charge in [-0.25, -0.2) is 4.79 Å². The summed E-state index contributed by atoms with van der Waals surface area (Å²) < 4.78 is 11.2. The van der Waals surface area contributed by atoms with Gasteiger partial charge in [-0.05, 0) is 40.0 Å². The van der Waals surface area contributed by atoms with Crippen molar-refractivity contribution >= 4 is 6.09 Å². The number of methoxy groups -OCH3 is 1. The van der Waals surface area contributed by atoms with E-state index >= 15 is 0 Å². The summed E-state index contributed by atoms with van der Waals surface area (Å²) in [7, 11) is 1.80. The van der Waals surface area contributed by atoms with Crippen molar-refractivity contribution in [1.82, 2.24) is 4.90 Å². The van der Waals surface area contributed by atoms with E-state index in [0.717, 1.165) is 32.4 Å². The number of carbonyl (C=O) groups is 1. The molecule has 1 aliphatic rings. The molecule has 0 spiro atoms. The molecule has 0 aromatic heterocycles. The fraction of sp³-hybridized carbons (Fsp3) is 0.938. The molecule has 20 heavy (non-hydrogen) atoms. The van der Waals surface area contributed by atoms with E-state index < -0.39 is 5.60 Å². The number of ether oxygens (including phenoxy) is 2. The van der Waals surface area contributed by atoms with Crippen molar-refractivity contribution in [3.8, 4) is 0 Å². The minimum Gasteiger partial charge on any atom is -0.444 e. The van der Waals surface area contributed by atoms with Crippen LogP contribution in [0.15, 0.2) is 0 Å². The number of piperidine rings is 1. The molecule has 1 fully saturated rings. The van der Waals surface area contributed by atoms with E-state index in [1.807, 2.05) is 25.7 Å². The Balaban J connectivity index is 2.46. The summed E-state index contributed by atoms with van der Waals surface area (Å²) in [6.45, 7) is 9.38. The van der Waals surface area contributed by atoms with Gasteiger partial charge in [-0.2, -0.15) is 0 Å². The van der Waals surface area contributed by atoms with Crippen LogP contribution < -0.4 is 0 Å². The molecule has 0 bridgehead atoms. The highest BCUT2D eigenvalue weighted by atomic mass is 16.6. The maximum absolute atomic E-state index is 12.0. The molecule has 1 amide bonds. The Hall–Kier alpha value is -0.770. The van der Waals surface area contributed by atoms with Crippen molar-refractivity contribution in [1.29, 1.82) is 0 Å². The third-order valence-electron chi connectivity index (χ3n) is 4.00. The molecule has 1 aliphatic heterocycles. The lowest BCUT2D eigenvalue weighted by atomic mass is 9.86. The number of carbonyl (C=O) groups excluding carboxylic acids is 1. The number of amides is 1. The summed E-state index contributed by atoms with van der Waals surface area (Å²) in [6, 6.07) is 0. The highest BCUT2D eigenvalue weighted by molar-refractivity contribution is 5.68. The molecule has 0 saturated carbocycles. The Kier molecular flexibility index (Phi) is 6.31. The maximum Gasteiger partial charge on any atom is 0.410 e. The Labute approximate surface area is 123 Å². The first-order chi connectivity index (χ1) is 9.32. The van der Waals surface area contributed by atoms with Crippen molar-refractivity contribution in [2.24, 2.45) is 0 Å². The number of likely N-dealkylation sites (tertiary alicyclic amines) is 1. The van der Waals surface area contributed by atoms with Gasteiger partial charge in [-0.1, -0.05) is 26.2 Å². The third-order valence-corrected chi connectivity index (χ3v) is 4.00. The molecular weight excluding hydrogens is 254 g/mol. The van der Waals surface area contributed by atoms with E-state index in [4.69, 9.17) is 9.47 Å². The van der Waals surface area contributed by atoms with Crippen LogP contribution in [0.2, 0.25) is 0 Å². The van der Waals surface area contributed by atoms with Crippen molar-refractivity contribution in [2.75, 3.05) is 20.2 Å². The molecule has 1 heterocycles. The second kappa shape index (κ2) is 7.30. The molecule has 0 radical (unpaired) electrons. The van der Waals surface area contributed by atoms with Gasteiger partial charge in [-0.15, -0.1) is 0 Å². The Bertz CT molecular complexity index is 301. The molecule has 0 aromatic rings. The minimum atomic E-state index is -0.423. The molecule has 0 unspecified atom stereocenters. The van der Waals surface area contributed by atoms with Crippen LogP contribution in [0, 0.1) is 0 Å². The average Bonchev–Trinajstić information content (AvgIpc) is 2.38. The lowest BCUT2D eigenvalue weighted by Crippen LogP contribution is -2.48. The van der Waals surface area contributed by atoms with Gasteiger partial charge in [0.2, 0.25) is 0 Å². The van der Waals surface area contributed by atoms with Crippen LogP contribution in [0.25, 0.3) is 0 Å². The van der Waals surface area contributed by atoms with Gasteiger partial charge in [0.15, 0.2) is 0 Å². The standard InChI is InChI=1S/C16H31NO3/c1-6-7-8-9-16(19-5)10-12-17(13-11-16)14(18)20-15(2,3)4/h6-13H2,1-5H3. The van der Waals surface area contributed by atoms with Crippen molar-refractivity contribution < 1.29 is 14.3 Å². The van der Waals surface area contributed by atoms with E-state index in [1.54, 1.807) is 7.11 Å². The number of nitrogens with zero attached hydrogens (tertiary/aromatic N) is 1. The van der Waals surface area contributed by atoms with E-state index in [2.05, 4.69) is 6.92 Å². The first-order valence-corrected chi connectivity index (χ1v) is 7.85. The molecule has 118 valence electrons. The summed E-state index contributed by atoms with van der Waals surface area (Å²) in [5.74, 6) is 0. The zero-order valence-corrected chi connectivity index (χ0v) is 13.8. The molecule has 1 saturated heterocycles. The fourth-order valence-electron chi connectivity index (χ4n) is 2.68. The lowest BCUT2D eigenvalue weighted by Gasteiger charge is -2.41. The summed E-state index contributed by atoms with van der Waals surface area (Å²) in [5, 5.41) is 0. The van der Waals surface area contributed by atoms with Crippen LogP contribution in [0.5, 0.6) is 0 Å². The van der Waals surface area contributed by atoms with Gasteiger partial charge in [0.1, 0.15) is 5.60 Å². The minimum absolute atomic E-state index is 0.0340. The smallest absolute Gasteiger partial charge is 0.410 e. The highest BCUT2D eigenvalue weighted by Gasteiger charge is 2.36. The SMILES string of the molecule is CCCCCC1(OC)CCN(C(=O)OC(C)(C)C)CC1. The van der Waals surface area contributed by atoms with Crippen LogP contribution in [0.1, 0.15) is 66.2 Å². The summed E-state index contributed by atoms with van der Waals surface area (Å²) in [6.07, 6.45) is 6.40. The molecular formula is C16H31NO3. The summed E-state index contributed by atoms with van der Waals surface area (Å²) in [4.78, 5) is 13.8. The Morgan fingerprint density at radius 3 is 2.25 bits per heavy atom. The largest absolute Gasteiger partial charge is 0.444 e. The van der Waals surface area contributed by atoms with E-state index in [0.29, 0.717) is 0 Å². The Morgan fingerprint density at radius 2 is 1.80 bits per heavy atom. The molecule has 4 nitrogen and oxygen atoms in total. The zero-order chi connectivity index (χ0) is 15.2. The zero-order valence-electron chi connectivity index (χ0n) is 13.8. The van der Waals surface area contributed by atoms with Gasteiger partial charge in [0.05, 0.1) is 5.60 Å². The first-order valence-electron chi connectivity index (χ1n) is 7.85. The molecule has 0 atom stereocenters. The van der Waals surface area contributed by atoms with Crippen molar-refractivity contribution in [3.05, 3.63) is 0 Å². The van der Waals surface area contributed by atoms with Crippen LogP contribution in [-0.4, -0.2) is 42.4 Å². The second-order valence-electron chi connectivity index (χ2n) is 6.81. The van der Waals surface area contributed by atoms with Gasteiger partial charge in [0, 0.05) is 20.2 Å². The van der Waals surface area contributed by atoms with Crippen LogP contribution in [-0.2, 0) is 9.47 Å². The fourth-order valence-corrected chi connectivity index (χ4v) is 2.68. The van der Waals surface area contributed by atoms with Gasteiger partial charge < -0.3 is 14.4 Å².